The normalized spacial score (nSPS) is 10.6. The molecule has 0 saturated heterocycles. The Labute approximate surface area is 143 Å². The Morgan fingerprint density at radius 3 is 2.68 bits per heavy atom. The fourth-order valence-corrected chi connectivity index (χ4v) is 2.73. The molecule has 7 nitrogen and oxygen atoms in total. The molecule has 0 saturated carbocycles. The summed E-state index contributed by atoms with van der Waals surface area (Å²) in [5, 5.41) is 14.3. The van der Waals surface area contributed by atoms with Crippen LogP contribution in [0.5, 0.6) is 0 Å². The summed E-state index contributed by atoms with van der Waals surface area (Å²) in [6.07, 6.45) is 3.21. The number of pyridine rings is 1. The van der Waals surface area contributed by atoms with Crippen LogP contribution >= 0.6 is 0 Å². The van der Waals surface area contributed by atoms with Crippen molar-refractivity contribution in [1.82, 2.24) is 14.8 Å². The van der Waals surface area contributed by atoms with Crippen LogP contribution in [0.25, 0.3) is 10.9 Å². The summed E-state index contributed by atoms with van der Waals surface area (Å²) in [4.78, 5) is 27.4. The number of fused-ring (bicyclic) bond motifs is 1. The summed E-state index contributed by atoms with van der Waals surface area (Å²) >= 11 is 0. The van der Waals surface area contributed by atoms with Crippen LogP contribution in [-0.2, 0) is 6.54 Å². The predicted octanol–water partition coefficient (Wildman–Crippen LogP) is 1.96. The number of nitrogens with zero attached hydrogens (tertiary/aromatic N) is 4. The predicted molar refractivity (Wildman–Crippen MR) is 91.0 cm³/mol. The third-order valence-corrected chi connectivity index (χ3v) is 3.82. The van der Waals surface area contributed by atoms with Gasteiger partial charge in [-0.1, -0.05) is 0 Å². The molecular weight excluding hydrogens is 318 g/mol. The van der Waals surface area contributed by atoms with Crippen molar-refractivity contribution in [3.63, 3.8) is 0 Å². The number of carbonyl (C=O) groups excluding carboxylic acids is 2. The summed E-state index contributed by atoms with van der Waals surface area (Å²) in [6.45, 7) is 3.58. The molecule has 25 heavy (non-hydrogen) atoms. The van der Waals surface area contributed by atoms with Crippen molar-refractivity contribution in [2.45, 2.75) is 20.4 Å². The number of hydrogen-bond acceptors (Lipinski definition) is 5. The maximum Gasteiger partial charge on any atom is 0.269 e. The van der Waals surface area contributed by atoms with Crippen molar-refractivity contribution >= 4 is 22.6 Å². The molecular formula is C18H15N5O2. The molecule has 7 heteroatoms. The maximum absolute atomic E-state index is 11.6. The quantitative estimate of drug-likeness (QED) is 0.733. The van der Waals surface area contributed by atoms with Gasteiger partial charge in [0.1, 0.15) is 6.07 Å². The molecule has 0 atom stereocenters. The Balaban J connectivity index is 2.06. The Hall–Kier alpha value is -3.53. The van der Waals surface area contributed by atoms with Crippen molar-refractivity contribution in [2.24, 2.45) is 5.73 Å². The van der Waals surface area contributed by atoms with Crippen LogP contribution in [-0.4, -0.2) is 26.5 Å². The number of rotatable bonds is 4. The first-order valence-electron chi connectivity index (χ1n) is 7.56. The SMILES string of the molecule is CC(=O)c1cn(Cc2cc(C#N)c3ncc(C)cc3c2)nc1C(N)=O. The van der Waals surface area contributed by atoms with Crippen molar-refractivity contribution in [1.29, 1.82) is 5.26 Å². The van der Waals surface area contributed by atoms with Gasteiger partial charge < -0.3 is 5.73 Å². The van der Waals surface area contributed by atoms with Crippen molar-refractivity contribution in [3.05, 3.63) is 58.5 Å². The lowest BCUT2D eigenvalue weighted by molar-refractivity contribution is 0.0970. The van der Waals surface area contributed by atoms with Crippen molar-refractivity contribution < 1.29 is 9.59 Å². The first kappa shape index (κ1) is 16.3. The molecule has 3 aromatic rings. The number of aromatic nitrogens is 3. The lowest BCUT2D eigenvalue weighted by atomic mass is 10.0. The number of benzene rings is 1. The van der Waals surface area contributed by atoms with Crippen molar-refractivity contribution in [3.8, 4) is 6.07 Å². The van der Waals surface area contributed by atoms with Gasteiger partial charge in [-0.15, -0.1) is 0 Å². The summed E-state index contributed by atoms with van der Waals surface area (Å²) in [6, 6.07) is 7.74. The summed E-state index contributed by atoms with van der Waals surface area (Å²) < 4.78 is 1.47. The van der Waals surface area contributed by atoms with Crippen LogP contribution in [0.1, 0.15) is 44.5 Å². The standard InChI is InChI=1S/C18H15N5O2/c1-10-3-13-4-12(5-14(6-19)16(13)21-7-10)8-23-9-15(11(2)24)17(22-23)18(20)25/h3-5,7,9H,8H2,1-2H3,(H2,20,25). The summed E-state index contributed by atoms with van der Waals surface area (Å²) in [5.41, 5.74) is 8.31. The van der Waals surface area contributed by atoms with Crippen LogP contribution < -0.4 is 5.73 Å². The van der Waals surface area contributed by atoms with Gasteiger partial charge in [-0.25, -0.2) is 0 Å². The highest BCUT2D eigenvalue weighted by atomic mass is 16.1. The molecule has 0 unspecified atom stereocenters. The van der Waals surface area contributed by atoms with E-state index in [0.717, 1.165) is 16.5 Å². The van der Waals surface area contributed by atoms with E-state index >= 15 is 0 Å². The Morgan fingerprint density at radius 1 is 1.32 bits per heavy atom. The van der Waals surface area contributed by atoms with Crippen LogP contribution in [0.3, 0.4) is 0 Å². The number of nitrogens with two attached hydrogens (primary N) is 1. The van der Waals surface area contributed by atoms with Gasteiger partial charge in [0, 0.05) is 17.8 Å². The number of Topliss-reactive ketones (excluding diaryl/α,β-unsaturated/α-hetero) is 1. The van der Waals surface area contributed by atoms with E-state index in [1.165, 1.54) is 17.8 Å². The Kier molecular flexibility index (Phi) is 4.03. The van der Waals surface area contributed by atoms with E-state index in [0.29, 0.717) is 17.6 Å². The van der Waals surface area contributed by atoms with Gasteiger partial charge in [0.2, 0.25) is 0 Å². The van der Waals surface area contributed by atoms with E-state index in [1.54, 1.807) is 12.3 Å². The molecule has 0 fully saturated rings. The van der Waals surface area contributed by atoms with E-state index in [4.69, 9.17) is 5.73 Å². The number of nitriles is 1. The molecule has 3 rings (SSSR count). The molecule has 1 amide bonds. The molecule has 124 valence electrons. The molecule has 1 aromatic carbocycles. The fraction of sp³-hybridized carbons (Fsp3) is 0.167. The van der Waals surface area contributed by atoms with Gasteiger partial charge >= 0.3 is 0 Å². The van der Waals surface area contributed by atoms with Crippen LogP contribution in [0.15, 0.2) is 30.6 Å². The fourth-order valence-electron chi connectivity index (χ4n) is 2.73. The maximum atomic E-state index is 11.6. The number of ketones is 1. The molecule has 0 bridgehead atoms. The second-order valence-electron chi connectivity index (χ2n) is 5.85. The van der Waals surface area contributed by atoms with Gasteiger partial charge in [0.25, 0.3) is 5.91 Å². The number of aryl methyl sites for hydroxylation is 1. The summed E-state index contributed by atoms with van der Waals surface area (Å²) in [7, 11) is 0. The Morgan fingerprint density at radius 2 is 2.08 bits per heavy atom. The molecule has 0 aliphatic rings. The van der Waals surface area contributed by atoms with Crippen LogP contribution in [0.4, 0.5) is 0 Å². The van der Waals surface area contributed by atoms with E-state index in [1.807, 2.05) is 19.1 Å². The highest BCUT2D eigenvalue weighted by Crippen LogP contribution is 2.21. The van der Waals surface area contributed by atoms with Gasteiger partial charge in [0.15, 0.2) is 11.5 Å². The highest BCUT2D eigenvalue weighted by Gasteiger charge is 2.17. The average molecular weight is 333 g/mol. The van der Waals surface area contributed by atoms with E-state index < -0.39 is 5.91 Å². The minimum atomic E-state index is -0.750. The monoisotopic (exact) mass is 333 g/mol. The van der Waals surface area contributed by atoms with Gasteiger partial charge in [-0.05, 0) is 43.2 Å². The van der Waals surface area contributed by atoms with Gasteiger partial charge in [-0.3, -0.25) is 19.3 Å². The molecule has 0 aliphatic heterocycles. The lowest BCUT2D eigenvalue weighted by Crippen LogP contribution is -2.15. The minimum absolute atomic E-state index is 0.0497. The lowest BCUT2D eigenvalue weighted by Gasteiger charge is -2.06. The number of amides is 1. The second kappa shape index (κ2) is 6.17. The largest absolute Gasteiger partial charge is 0.364 e. The Bertz CT molecular complexity index is 1030. The van der Waals surface area contributed by atoms with Gasteiger partial charge in [-0.2, -0.15) is 10.4 Å². The number of hydrogen-bond donors (Lipinski definition) is 1. The first-order chi connectivity index (χ1) is 11.9. The van der Waals surface area contributed by atoms with Crippen LogP contribution in [0.2, 0.25) is 0 Å². The van der Waals surface area contributed by atoms with Gasteiger partial charge in [0.05, 0.1) is 23.2 Å². The van der Waals surface area contributed by atoms with E-state index in [2.05, 4.69) is 16.2 Å². The molecule has 0 radical (unpaired) electrons. The minimum Gasteiger partial charge on any atom is -0.364 e. The number of carbonyl (C=O) groups is 2. The molecule has 2 heterocycles. The first-order valence-corrected chi connectivity index (χ1v) is 7.56. The smallest absolute Gasteiger partial charge is 0.269 e. The molecule has 2 N–H and O–H groups in total. The zero-order chi connectivity index (χ0) is 18.1. The van der Waals surface area contributed by atoms with Crippen LogP contribution in [0, 0.1) is 18.3 Å². The van der Waals surface area contributed by atoms with E-state index in [-0.39, 0.29) is 17.0 Å². The van der Waals surface area contributed by atoms with E-state index in [9.17, 15) is 14.9 Å². The zero-order valence-corrected chi connectivity index (χ0v) is 13.8. The topological polar surface area (TPSA) is 115 Å². The molecule has 0 spiro atoms. The zero-order valence-electron chi connectivity index (χ0n) is 13.8. The molecule has 0 aliphatic carbocycles. The second-order valence-corrected chi connectivity index (χ2v) is 5.85. The van der Waals surface area contributed by atoms with Crippen molar-refractivity contribution in [2.75, 3.05) is 0 Å². The third kappa shape index (κ3) is 3.10. The average Bonchev–Trinajstić information content (AvgIpc) is 2.98. The highest BCUT2D eigenvalue weighted by molar-refractivity contribution is 6.05. The molecule has 2 aromatic heterocycles. The number of primary amides is 1. The summed E-state index contributed by atoms with van der Waals surface area (Å²) in [5.74, 6) is -1.03. The third-order valence-electron chi connectivity index (χ3n) is 3.82.